The number of rotatable bonds is 4. The average Bonchev–Trinajstić information content (AvgIpc) is 2.71. The van der Waals surface area contributed by atoms with Gasteiger partial charge in [-0.15, -0.1) is 0 Å². The Morgan fingerprint density at radius 3 is 3.06 bits per heavy atom. The van der Waals surface area contributed by atoms with Gasteiger partial charge in [-0.1, -0.05) is 28.1 Å². The SMILES string of the molecule is CNCCN(C)C1CCc2c(Br)cccc21. The first-order valence-corrected chi connectivity index (χ1v) is 6.65. The maximum atomic E-state index is 3.65. The second kappa shape index (κ2) is 5.30. The van der Waals surface area contributed by atoms with Gasteiger partial charge in [0.15, 0.2) is 0 Å². The van der Waals surface area contributed by atoms with Crippen LogP contribution >= 0.6 is 15.9 Å². The molecule has 0 aliphatic heterocycles. The molecule has 0 saturated heterocycles. The summed E-state index contributed by atoms with van der Waals surface area (Å²) < 4.78 is 1.27. The van der Waals surface area contributed by atoms with Crippen LogP contribution in [-0.4, -0.2) is 32.1 Å². The lowest BCUT2D eigenvalue weighted by atomic mass is 10.1. The van der Waals surface area contributed by atoms with Crippen molar-refractivity contribution in [3.63, 3.8) is 0 Å². The van der Waals surface area contributed by atoms with Gasteiger partial charge in [0.05, 0.1) is 0 Å². The normalized spacial score (nSPS) is 19.1. The minimum absolute atomic E-state index is 0.598. The van der Waals surface area contributed by atoms with Crippen molar-refractivity contribution in [3.8, 4) is 0 Å². The second-order valence-electron chi connectivity index (χ2n) is 4.45. The Bertz CT molecular complexity index is 365. The largest absolute Gasteiger partial charge is 0.318 e. The van der Waals surface area contributed by atoms with Crippen LogP contribution in [0.4, 0.5) is 0 Å². The van der Waals surface area contributed by atoms with Crippen LogP contribution in [-0.2, 0) is 6.42 Å². The van der Waals surface area contributed by atoms with Crippen LogP contribution in [0.1, 0.15) is 23.6 Å². The van der Waals surface area contributed by atoms with Crippen molar-refractivity contribution in [3.05, 3.63) is 33.8 Å². The lowest BCUT2D eigenvalue weighted by Crippen LogP contribution is -2.30. The van der Waals surface area contributed by atoms with Gasteiger partial charge in [-0.3, -0.25) is 4.90 Å². The standard InChI is InChI=1S/C13H19BrN2/c1-15-8-9-16(2)13-7-6-10-11(13)4-3-5-12(10)14/h3-5,13,15H,6-9H2,1-2H3. The predicted octanol–water partition coefficient (Wildman–Crippen LogP) is 2.59. The molecule has 0 bridgehead atoms. The number of benzene rings is 1. The molecule has 3 heteroatoms. The molecule has 0 radical (unpaired) electrons. The molecular formula is C13H19BrN2. The molecule has 0 spiro atoms. The van der Waals surface area contributed by atoms with Crippen LogP contribution < -0.4 is 5.32 Å². The van der Waals surface area contributed by atoms with E-state index in [0.29, 0.717) is 6.04 Å². The van der Waals surface area contributed by atoms with Crippen LogP contribution in [0.5, 0.6) is 0 Å². The first-order chi connectivity index (χ1) is 7.74. The first kappa shape index (κ1) is 12.1. The van der Waals surface area contributed by atoms with Gasteiger partial charge < -0.3 is 5.32 Å². The third-order valence-electron chi connectivity index (χ3n) is 3.43. The Kier molecular flexibility index (Phi) is 4.00. The molecular weight excluding hydrogens is 264 g/mol. The van der Waals surface area contributed by atoms with Crippen LogP contribution in [0.2, 0.25) is 0 Å². The van der Waals surface area contributed by atoms with Crippen molar-refractivity contribution in [2.45, 2.75) is 18.9 Å². The highest BCUT2D eigenvalue weighted by atomic mass is 79.9. The molecule has 1 aliphatic carbocycles. The van der Waals surface area contributed by atoms with Crippen molar-refractivity contribution >= 4 is 15.9 Å². The summed E-state index contributed by atoms with van der Waals surface area (Å²) in [7, 11) is 4.23. The van der Waals surface area contributed by atoms with Gasteiger partial charge in [0.25, 0.3) is 0 Å². The van der Waals surface area contributed by atoms with E-state index >= 15 is 0 Å². The first-order valence-electron chi connectivity index (χ1n) is 5.86. The van der Waals surface area contributed by atoms with Crippen molar-refractivity contribution in [1.82, 2.24) is 10.2 Å². The van der Waals surface area contributed by atoms with Gasteiger partial charge in [-0.05, 0) is 44.1 Å². The monoisotopic (exact) mass is 282 g/mol. The molecule has 1 unspecified atom stereocenters. The predicted molar refractivity (Wildman–Crippen MR) is 71.8 cm³/mol. The van der Waals surface area contributed by atoms with E-state index in [1.54, 1.807) is 0 Å². The smallest absolute Gasteiger partial charge is 0.0351 e. The highest BCUT2D eigenvalue weighted by Crippen LogP contribution is 2.38. The fraction of sp³-hybridized carbons (Fsp3) is 0.538. The van der Waals surface area contributed by atoms with Crippen LogP contribution in [0.25, 0.3) is 0 Å². The number of fused-ring (bicyclic) bond motifs is 1. The van der Waals surface area contributed by atoms with E-state index in [1.165, 1.54) is 28.4 Å². The zero-order valence-corrected chi connectivity index (χ0v) is 11.5. The summed E-state index contributed by atoms with van der Waals surface area (Å²) in [6, 6.07) is 7.16. The summed E-state index contributed by atoms with van der Waals surface area (Å²) in [6.07, 6.45) is 2.45. The minimum atomic E-state index is 0.598. The zero-order chi connectivity index (χ0) is 11.5. The Labute approximate surface area is 106 Å². The summed E-state index contributed by atoms with van der Waals surface area (Å²) >= 11 is 3.65. The maximum Gasteiger partial charge on any atom is 0.0351 e. The molecule has 1 aliphatic rings. The van der Waals surface area contributed by atoms with Gasteiger partial charge >= 0.3 is 0 Å². The van der Waals surface area contributed by atoms with E-state index in [1.807, 2.05) is 7.05 Å². The molecule has 2 rings (SSSR count). The van der Waals surface area contributed by atoms with Gasteiger partial charge in [-0.2, -0.15) is 0 Å². The molecule has 0 fully saturated rings. The summed E-state index contributed by atoms with van der Waals surface area (Å²) in [5.41, 5.74) is 3.01. The molecule has 0 heterocycles. The zero-order valence-electron chi connectivity index (χ0n) is 9.96. The average molecular weight is 283 g/mol. The summed E-state index contributed by atoms with van der Waals surface area (Å²) in [5, 5.41) is 3.21. The molecule has 1 N–H and O–H groups in total. The molecule has 0 saturated carbocycles. The van der Waals surface area contributed by atoms with Crippen molar-refractivity contribution < 1.29 is 0 Å². The lowest BCUT2D eigenvalue weighted by Gasteiger charge is -2.25. The van der Waals surface area contributed by atoms with Crippen molar-refractivity contribution in [2.75, 3.05) is 27.2 Å². The van der Waals surface area contributed by atoms with Gasteiger partial charge in [0.2, 0.25) is 0 Å². The Morgan fingerprint density at radius 2 is 2.31 bits per heavy atom. The van der Waals surface area contributed by atoms with Crippen LogP contribution in [0.15, 0.2) is 22.7 Å². The highest BCUT2D eigenvalue weighted by molar-refractivity contribution is 9.10. The van der Waals surface area contributed by atoms with E-state index in [0.717, 1.165) is 13.1 Å². The third kappa shape index (κ3) is 2.31. The van der Waals surface area contributed by atoms with Crippen LogP contribution in [0.3, 0.4) is 0 Å². The number of hydrogen-bond donors (Lipinski definition) is 1. The third-order valence-corrected chi connectivity index (χ3v) is 4.17. The van der Waals surface area contributed by atoms with E-state index in [-0.39, 0.29) is 0 Å². The Balaban J connectivity index is 2.14. The molecule has 1 aromatic rings. The molecule has 0 aromatic heterocycles. The van der Waals surface area contributed by atoms with Gasteiger partial charge in [-0.25, -0.2) is 0 Å². The fourth-order valence-electron chi connectivity index (χ4n) is 2.49. The van der Waals surface area contributed by atoms with E-state index < -0.39 is 0 Å². The summed E-state index contributed by atoms with van der Waals surface area (Å²) in [4.78, 5) is 2.45. The molecule has 16 heavy (non-hydrogen) atoms. The van der Waals surface area contributed by atoms with Gasteiger partial charge in [0, 0.05) is 23.6 Å². The second-order valence-corrected chi connectivity index (χ2v) is 5.30. The Morgan fingerprint density at radius 1 is 1.50 bits per heavy atom. The van der Waals surface area contributed by atoms with Crippen LogP contribution in [0, 0.1) is 0 Å². The fourth-order valence-corrected chi connectivity index (χ4v) is 3.07. The highest BCUT2D eigenvalue weighted by Gasteiger charge is 2.26. The van der Waals surface area contributed by atoms with E-state index in [4.69, 9.17) is 0 Å². The Hall–Kier alpha value is -0.380. The quantitative estimate of drug-likeness (QED) is 0.913. The topological polar surface area (TPSA) is 15.3 Å². The molecule has 1 atom stereocenters. The summed E-state index contributed by atoms with van der Waals surface area (Å²) in [5.74, 6) is 0. The molecule has 88 valence electrons. The summed E-state index contributed by atoms with van der Waals surface area (Å²) in [6.45, 7) is 2.16. The van der Waals surface area contributed by atoms with Crippen molar-refractivity contribution in [2.24, 2.45) is 0 Å². The van der Waals surface area contributed by atoms with Crippen molar-refractivity contribution in [1.29, 1.82) is 0 Å². The lowest BCUT2D eigenvalue weighted by molar-refractivity contribution is 0.246. The van der Waals surface area contributed by atoms with E-state index in [9.17, 15) is 0 Å². The molecule has 0 amide bonds. The number of halogens is 1. The van der Waals surface area contributed by atoms with Gasteiger partial charge in [0.1, 0.15) is 0 Å². The number of hydrogen-bond acceptors (Lipinski definition) is 2. The number of likely N-dealkylation sites (N-methyl/N-ethyl adjacent to an activating group) is 2. The maximum absolute atomic E-state index is 3.65. The minimum Gasteiger partial charge on any atom is -0.318 e. The van der Waals surface area contributed by atoms with E-state index in [2.05, 4.69) is 51.4 Å². The molecule has 1 aromatic carbocycles. The molecule has 2 nitrogen and oxygen atoms in total. The number of nitrogens with one attached hydrogen (secondary N) is 1. The number of nitrogens with zero attached hydrogens (tertiary/aromatic N) is 1.